The molecule has 0 aliphatic heterocycles. The van der Waals surface area contributed by atoms with Crippen LogP contribution in [0.1, 0.15) is 10.4 Å². The number of carbonyl (C=O) groups excluding carboxylic acids is 1. The fourth-order valence-electron chi connectivity index (χ4n) is 3.46. The molecule has 0 unspecified atom stereocenters. The predicted octanol–water partition coefficient (Wildman–Crippen LogP) is 5.90. The second-order valence-corrected chi connectivity index (χ2v) is 7.50. The minimum absolute atomic E-state index is 0.295. The van der Waals surface area contributed by atoms with Crippen LogP contribution in [0.25, 0.3) is 10.9 Å². The number of fused-ring (bicyclic) bond motifs is 1. The van der Waals surface area contributed by atoms with E-state index in [1.807, 2.05) is 36.4 Å². The molecule has 2 aromatic carbocycles. The molecule has 5 rings (SSSR count). The summed E-state index contributed by atoms with van der Waals surface area (Å²) >= 11 is 0. The second-order valence-electron chi connectivity index (χ2n) is 7.50. The number of amides is 1. The van der Waals surface area contributed by atoms with Crippen LogP contribution >= 0.6 is 0 Å². The molecule has 0 atom stereocenters. The van der Waals surface area contributed by atoms with E-state index in [-0.39, 0.29) is 11.7 Å². The van der Waals surface area contributed by atoms with Gasteiger partial charge >= 0.3 is 0 Å². The van der Waals surface area contributed by atoms with Crippen LogP contribution in [0.3, 0.4) is 0 Å². The third-order valence-electron chi connectivity index (χ3n) is 5.09. The van der Waals surface area contributed by atoms with Crippen molar-refractivity contribution in [2.45, 2.75) is 0 Å². The van der Waals surface area contributed by atoms with Gasteiger partial charge in [0.2, 0.25) is 0 Å². The van der Waals surface area contributed by atoms with Crippen molar-refractivity contribution in [3.63, 3.8) is 0 Å². The molecule has 0 aliphatic carbocycles. The van der Waals surface area contributed by atoms with E-state index in [4.69, 9.17) is 0 Å². The molecular weight excluding hydrogens is 431 g/mol. The van der Waals surface area contributed by atoms with E-state index < -0.39 is 0 Å². The summed E-state index contributed by atoms with van der Waals surface area (Å²) in [6.45, 7) is 0. The summed E-state index contributed by atoms with van der Waals surface area (Å²) in [6.07, 6.45) is 8.15. The van der Waals surface area contributed by atoms with E-state index in [9.17, 15) is 9.18 Å². The Bertz CT molecular complexity index is 1460. The average molecular weight is 450 g/mol. The van der Waals surface area contributed by atoms with Crippen LogP contribution in [0.4, 0.5) is 32.8 Å². The number of hydrogen-bond acceptors (Lipinski definition) is 6. The molecule has 166 valence electrons. The van der Waals surface area contributed by atoms with Gasteiger partial charge in [0, 0.05) is 52.9 Å². The number of carbonyl (C=O) groups is 1. The highest BCUT2D eigenvalue weighted by Crippen LogP contribution is 2.26. The van der Waals surface area contributed by atoms with Crippen molar-refractivity contribution in [3.8, 4) is 0 Å². The fraction of sp³-hybridized carbons (Fsp3) is 0. The number of benzene rings is 2. The van der Waals surface area contributed by atoms with Gasteiger partial charge in [-0.3, -0.25) is 19.7 Å². The van der Waals surface area contributed by atoms with Gasteiger partial charge in [0.1, 0.15) is 5.82 Å². The lowest BCUT2D eigenvalue weighted by atomic mass is 10.1. The largest absolute Gasteiger partial charge is 0.355 e. The minimum Gasteiger partial charge on any atom is -0.355 e. The highest BCUT2D eigenvalue weighted by molar-refractivity contribution is 6.05. The Hall–Kier alpha value is -4.85. The van der Waals surface area contributed by atoms with Crippen LogP contribution in [-0.4, -0.2) is 20.9 Å². The van der Waals surface area contributed by atoms with Gasteiger partial charge in [-0.15, -0.1) is 0 Å². The molecule has 0 bridgehead atoms. The number of nitrogens with zero attached hydrogens (tertiary/aromatic N) is 3. The first kappa shape index (κ1) is 21.0. The van der Waals surface area contributed by atoms with Crippen LogP contribution in [0.5, 0.6) is 0 Å². The lowest BCUT2D eigenvalue weighted by Gasteiger charge is -2.11. The van der Waals surface area contributed by atoms with Gasteiger partial charge < -0.3 is 16.0 Å². The van der Waals surface area contributed by atoms with Gasteiger partial charge in [-0.2, -0.15) is 0 Å². The lowest BCUT2D eigenvalue weighted by molar-refractivity contribution is 0.102. The number of nitrogens with one attached hydrogen (secondary N) is 3. The third kappa shape index (κ3) is 4.81. The van der Waals surface area contributed by atoms with Crippen molar-refractivity contribution in [2.24, 2.45) is 0 Å². The van der Waals surface area contributed by atoms with Crippen LogP contribution in [0.15, 0.2) is 97.7 Å². The van der Waals surface area contributed by atoms with Gasteiger partial charge in [0.15, 0.2) is 0 Å². The zero-order valence-electron chi connectivity index (χ0n) is 17.9. The first-order valence-electron chi connectivity index (χ1n) is 10.5. The van der Waals surface area contributed by atoms with E-state index in [0.29, 0.717) is 33.5 Å². The first-order valence-corrected chi connectivity index (χ1v) is 10.5. The van der Waals surface area contributed by atoms with Crippen molar-refractivity contribution in [2.75, 3.05) is 16.0 Å². The van der Waals surface area contributed by atoms with E-state index in [1.54, 1.807) is 43.0 Å². The van der Waals surface area contributed by atoms with Gasteiger partial charge in [0.05, 0.1) is 23.0 Å². The monoisotopic (exact) mass is 450 g/mol. The molecule has 34 heavy (non-hydrogen) atoms. The molecule has 1 amide bonds. The molecule has 5 aromatic rings. The van der Waals surface area contributed by atoms with Gasteiger partial charge in [-0.05, 0) is 66.7 Å². The molecule has 0 saturated heterocycles. The molecule has 0 radical (unpaired) electrons. The summed E-state index contributed by atoms with van der Waals surface area (Å²) in [7, 11) is 0. The van der Waals surface area contributed by atoms with Crippen LogP contribution in [-0.2, 0) is 0 Å². The number of anilines is 5. The zero-order valence-corrected chi connectivity index (χ0v) is 17.9. The van der Waals surface area contributed by atoms with E-state index >= 15 is 0 Å². The van der Waals surface area contributed by atoms with E-state index in [2.05, 4.69) is 30.9 Å². The summed E-state index contributed by atoms with van der Waals surface area (Å²) in [5.74, 6) is -0.645. The molecule has 0 saturated carbocycles. The van der Waals surface area contributed by atoms with Crippen molar-refractivity contribution >= 4 is 45.2 Å². The Morgan fingerprint density at radius 3 is 2.29 bits per heavy atom. The van der Waals surface area contributed by atoms with Crippen molar-refractivity contribution in [1.82, 2.24) is 15.0 Å². The summed E-state index contributed by atoms with van der Waals surface area (Å²) in [4.78, 5) is 25.2. The number of pyridine rings is 3. The Morgan fingerprint density at radius 1 is 0.706 bits per heavy atom. The maximum absolute atomic E-state index is 13.7. The van der Waals surface area contributed by atoms with Gasteiger partial charge in [0.25, 0.3) is 5.91 Å². The normalized spacial score (nSPS) is 10.6. The highest BCUT2D eigenvalue weighted by Gasteiger charge is 2.10. The lowest BCUT2D eigenvalue weighted by Crippen LogP contribution is -2.12. The zero-order chi connectivity index (χ0) is 23.3. The summed E-state index contributed by atoms with van der Waals surface area (Å²) in [6, 6.07) is 19.0. The smallest absolute Gasteiger partial charge is 0.257 e. The predicted molar refractivity (Wildman–Crippen MR) is 131 cm³/mol. The Morgan fingerprint density at radius 2 is 1.47 bits per heavy atom. The highest BCUT2D eigenvalue weighted by atomic mass is 19.1. The van der Waals surface area contributed by atoms with Crippen molar-refractivity contribution < 1.29 is 9.18 Å². The molecular formula is C26H19FN6O. The Labute approximate surface area is 194 Å². The van der Waals surface area contributed by atoms with Crippen molar-refractivity contribution in [3.05, 3.63) is 109 Å². The van der Waals surface area contributed by atoms with E-state index in [1.165, 1.54) is 18.3 Å². The molecule has 0 spiro atoms. The standard InChI is InChI=1S/C26H19FN6O/c27-18-1-6-24-23(14-18)25(9-12-30-24)32-22-13-17(15-29-16-22)26(34)33-20-4-2-19(3-5-20)31-21-7-10-28-11-8-21/h1-16H,(H,28,31)(H,30,32)(H,33,34). The maximum Gasteiger partial charge on any atom is 0.257 e. The number of hydrogen-bond donors (Lipinski definition) is 3. The average Bonchev–Trinajstić information content (AvgIpc) is 2.86. The Kier molecular flexibility index (Phi) is 5.77. The minimum atomic E-state index is -0.350. The van der Waals surface area contributed by atoms with Gasteiger partial charge in [-0.25, -0.2) is 4.39 Å². The topological polar surface area (TPSA) is 91.8 Å². The molecule has 8 heteroatoms. The molecule has 0 aliphatic rings. The van der Waals surface area contributed by atoms with Crippen LogP contribution < -0.4 is 16.0 Å². The molecule has 3 heterocycles. The second kappa shape index (κ2) is 9.33. The molecule has 7 nitrogen and oxygen atoms in total. The summed E-state index contributed by atoms with van der Waals surface area (Å²) in [5, 5.41) is 9.98. The number of halogens is 1. The van der Waals surface area contributed by atoms with Crippen LogP contribution in [0, 0.1) is 5.82 Å². The molecule has 3 aromatic heterocycles. The van der Waals surface area contributed by atoms with Crippen LogP contribution in [0.2, 0.25) is 0 Å². The third-order valence-corrected chi connectivity index (χ3v) is 5.09. The van der Waals surface area contributed by atoms with Crippen molar-refractivity contribution in [1.29, 1.82) is 0 Å². The van der Waals surface area contributed by atoms with E-state index in [0.717, 1.165) is 11.4 Å². The first-order chi connectivity index (χ1) is 16.6. The Balaban J connectivity index is 1.29. The summed E-state index contributed by atoms with van der Waals surface area (Å²) in [5.41, 5.74) is 4.77. The molecule has 3 N–H and O–H groups in total. The molecule has 0 fully saturated rings. The fourth-order valence-corrected chi connectivity index (χ4v) is 3.46. The summed E-state index contributed by atoms with van der Waals surface area (Å²) < 4.78 is 13.7. The maximum atomic E-state index is 13.7. The van der Waals surface area contributed by atoms with Gasteiger partial charge in [-0.1, -0.05) is 0 Å². The quantitative estimate of drug-likeness (QED) is 0.298. The number of rotatable bonds is 6. The SMILES string of the molecule is O=C(Nc1ccc(Nc2ccncc2)cc1)c1cncc(Nc2ccnc3ccc(F)cc23)c1. The number of aromatic nitrogens is 3.